The van der Waals surface area contributed by atoms with Crippen molar-refractivity contribution in [1.82, 2.24) is 24.4 Å². The molecule has 1 N–H and O–H groups in total. The summed E-state index contributed by atoms with van der Waals surface area (Å²) in [4.78, 5) is 16.0. The maximum atomic E-state index is 12.4. The Morgan fingerprint density at radius 1 is 1.38 bits per heavy atom. The van der Waals surface area contributed by atoms with Gasteiger partial charge in [0.05, 0.1) is 12.2 Å². The van der Waals surface area contributed by atoms with Crippen LogP contribution in [0.2, 0.25) is 0 Å². The first-order chi connectivity index (χ1) is 12.2. The van der Waals surface area contributed by atoms with Crippen LogP contribution in [0, 0.1) is 19.8 Å². The number of hydrogen-bond acceptors (Lipinski definition) is 5. The molecule has 2 aromatic rings. The van der Waals surface area contributed by atoms with Crippen LogP contribution in [0.3, 0.4) is 0 Å². The van der Waals surface area contributed by atoms with Gasteiger partial charge in [0.15, 0.2) is 0 Å². The number of pyridine rings is 1. The van der Waals surface area contributed by atoms with Gasteiger partial charge in [-0.15, -0.1) is 0 Å². The molecule has 1 amide bonds. The molecule has 26 heavy (non-hydrogen) atoms. The Morgan fingerprint density at radius 3 is 2.69 bits per heavy atom. The molecule has 0 aliphatic rings. The van der Waals surface area contributed by atoms with Crippen LogP contribution in [0.5, 0.6) is 0 Å². The molecule has 0 spiro atoms. The number of aromatic nitrogens is 3. The van der Waals surface area contributed by atoms with Crippen molar-refractivity contribution in [3.63, 3.8) is 0 Å². The second kappa shape index (κ2) is 8.41. The molecule has 0 saturated heterocycles. The third kappa shape index (κ3) is 5.12. The van der Waals surface area contributed by atoms with E-state index in [1.807, 2.05) is 31.5 Å². The second-order valence-electron chi connectivity index (χ2n) is 6.47. The van der Waals surface area contributed by atoms with Crippen LogP contribution in [0.25, 0.3) is 0 Å². The molecule has 0 radical (unpaired) electrons. The Balaban J connectivity index is 1.85. The van der Waals surface area contributed by atoms with Crippen molar-refractivity contribution in [3.05, 3.63) is 42.0 Å². The summed E-state index contributed by atoms with van der Waals surface area (Å²) >= 11 is 0. The Kier molecular flexibility index (Phi) is 6.49. The fraction of sp³-hybridized carbons (Fsp3) is 0.471. The SMILES string of the molecule is Cc1cc(C)n(CC(C)CNC(=O)CN(C)S(=O)(=O)c2cccnc2)n1. The zero-order valence-corrected chi connectivity index (χ0v) is 16.3. The summed E-state index contributed by atoms with van der Waals surface area (Å²) in [5.41, 5.74) is 2.03. The highest BCUT2D eigenvalue weighted by atomic mass is 32.2. The Labute approximate surface area is 154 Å². The Bertz CT molecular complexity index is 849. The van der Waals surface area contributed by atoms with E-state index in [0.717, 1.165) is 15.7 Å². The zero-order valence-electron chi connectivity index (χ0n) is 15.5. The number of rotatable bonds is 8. The maximum absolute atomic E-state index is 12.4. The molecular formula is C17H25N5O3S. The lowest BCUT2D eigenvalue weighted by Crippen LogP contribution is -2.40. The van der Waals surface area contributed by atoms with Crippen molar-refractivity contribution in [2.45, 2.75) is 32.2 Å². The molecule has 0 aromatic carbocycles. The number of carbonyl (C=O) groups is 1. The van der Waals surface area contributed by atoms with E-state index in [0.29, 0.717) is 13.1 Å². The van der Waals surface area contributed by atoms with Gasteiger partial charge < -0.3 is 5.32 Å². The minimum atomic E-state index is -3.73. The molecule has 2 rings (SSSR count). The molecule has 0 saturated carbocycles. The van der Waals surface area contributed by atoms with Crippen LogP contribution < -0.4 is 5.32 Å². The Hall–Kier alpha value is -2.26. The van der Waals surface area contributed by atoms with Crippen LogP contribution in [0.1, 0.15) is 18.3 Å². The third-order valence-corrected chi connectivity index (χ3v) is 5.73. The number of aryl methyl sites for hydroxylation is 2. The van der Waals surface area contributed by atoms with Crippen LogP contribution in [-0.4, -0.2) is 53.5 Å². The molecule has 1 atom stereocenters. The molecule has 0 aliphatic heterocycles. The summed E-state index contributed by atoms with van der Waals surface area (Å²) < 4.78 is 27.7. The number of nitrogens with zero attached hydrogens (tertiary/aromatic N) is 4. The van der Waals surface area contributed by atoms with E-state index < -0.39 is 10.0 Å². The van der Waals surface area contributed by atoms with Crippen LogP contribution in [0.4, 0.5) is 0 Å². The van der Waals surface area contributed by atoms with E-state index in [9.17, 15) is 13.2 Å². The van der Waals surface area contributed by atoms with E-state index in [4.69, 9.17) is 0 Å². The smallest absolute Gasteiger partial charge is 0.244 e. The van der Waals surface area contributed by atoms with Crippen molar-refractivity contribution in [1.29, 1.82) is 0 Å². The first-order valence-electron chi connectivity index (χ1n) is 8.34. The quantitative estimate of drug-likeness (QED) is 0.737. The Morgan fingerprint density at radius 2 is 2.12 bits per heavy atom. The summed E-state index contributed by atoms with van der Waals surface area (Å²) in [6.45, 7) is 6.82. The molecule has 0 bridgehead atoms. The molecular weight excluding hydrogens is 354 g/mol. The average Bonchev–Trinajstić information content (AvgIpc) is 2.91. The van der Waals surface area contributed by atoms with Gasteiger partial charge in [0, 0.05) is 38.2 Å². The average molecular weight is 379 g/mol. The number of likely N-dealkylation sites (N-methyl/N-ethyl adjacent to an activating group) is 1. The molecule has 1 unspecified atom stereocenters. The monoisotopic (exact) mass is 379 g/mol. The van der Waals surface area contributed by atoms with Crippen molar-refractivity contribution in [2.75, 3.05) is 20.1 Å². The molecule has 8 nitrogen and oxygen atoms in total. The third-order valence-electron chi connectivity index (χ3n) is 3.94. The van der Waals surface area contributed by atoms with Gasteiger partial charge in [0.1, 0.15) is 4.90 Å². The summed E-state index contributed by atoms with van der Waals surface area (Å²) in [6.07, 6.45) is 2.76. The number of sulfonamides is 1. The van der Waals surface area contributed by atoms with E-state index >= 15 is 0 Å². The first-order valence-corrected chi connectivity index (χ1v) is 9.78. The zero-order chi connectivity index (χ0) is 19.3. The first kappa shape index (κ1) is 20.1. The van der Waals surface area contributed by atoms with Crippen molar-refractivity contribution < 1.29 is 13.2 Å². The maximum Gasteiger partial charge on any atom is 0.244 e. The predicted octanol–water partition coefficient (Wildman–Crippen LogP) is 0.968. The van der Waals surface area contributed by atoms with Gasteiger partial charge in [0.25, 0.3) is 0 Å². The van der Waals surface area contributed by atoms with E-state index in [1.165, 1.54) is 25.5 Å². The van der Waals surface area contributed by atoms with E-state index in [1.54, 1.807) is 6.07 Å². The molecule has 0 aliphatic carbocycles. The van der Waals surface area contributed by atoms with E-state index in [-0.39, 0.29) is 23.3 Å². The van der Waals surface area contributed by atoms with Crippen LogP contribution in [0.15, 0.2) is 35.5 Å². The topological polar surface area (TPSA) is 97.2 Å². The van der Waals surface area contributed by atoms with Crippen LogP contribution >= 0.6 is 0 Å². The largest absolute Gasteiger partial charge is 0.355 e. The van der Waals surface area contributed by atoms with Gasteiger partial charge in [-0.1, -0.05) is 6.92 Å². The fourth-order valence-corrected chi connectivity index (χ4v) is 3.62. The lowest BCUT2D eigenvalue weighted by molar-refractivity contribution is -0.121. The van der Waals surface area contributed by atoms with Gasteiger partial charge in [-0.05, 0) is 38.0 Å². The molecule has 142 valence electrons. The minimum absolute atomic E-state index is 0.0631. The summed E-state index contributed by atoms with van der Waals surface area (Å²) in [5, 5.41) is 7.18. The standard InChI is InChI=1S/C17H25N5O3S/c1-13(11-22-15(3)8-14(2)20-22)9-19-17(23)12-21(4)26(24,25)16-6-5-7-18-10-16/h5-8,10,13H,9,11-12H2,1-4H3,(H,19,23). The normalized spacial score (nSPS) is 13.0. The van der Waals surface area contributed by atoms with Gasteiger partial charge in [-0.25, -0.2) is 8.42 Å². The fourth-order valence-electron chi connectivity index (χ4n) is 2.53. The van der Waals surface area contributed by atoms with Crippen molar-refractivity contribution in [3.8, 4) is 0 Å². The molecule has 9 heteroatoms. The van der Waals surface area contributed by atoms with Crippen LogP contribution in [-0.2, 0) is 21.4 Å². The predicted molar refractivity (Wildman–Crippen MR) is 97.9 cm³/mol. The second-order valence-corrected chi connectivity index (χ2v) is 8.51. The number of hydrogen-bond donors (Lipinski definition) is 1. The van der Waals surface area contributed by atoms with E-state index in [2.05, 4.69) is 15.4 Å². The minimum Gasteiger partial charge on any atom is -0.355 e. The van der Waals surface area contributed by atoms with Gasteiger partial charge in [-0.2, -0.15) is 9.40 Å². The van der Waals surface area contributed by atoms with Gasteiger partial charge in [0.2, 0.25) is 15.9 Å². The van der Waals surface area contributed by atoms with Gasteiger partial charge in [-0.3, -0.25) is 14.5 Å². The molecule has 2 heterocycles. The molecule has 0 fully saturated rings. The van der Waals surface area contributed by atoms with Crippen molar-refractivity contribution in [2.24, 2.45) is 5.92 Å². The summed E-state index contributed by atoms with van der Waals surface area (Å²) in [6, 6.07) is 5.00. The number of amides is 1. The lowest BCUT2D eigenvalue weighted by Gasteiger charge is -2.18. The summed E-state index contributed by atoms with van der Waals surface area (Å²) in [7, 11) is -2.35. The molecule has 2 aromatic heterocycles. The lowest BCUT2D eigenvalue weighted by atomic mass is 10.2. The highest BCUT2D eigenvalue weighted by Crippen LogP contribution is 2.12. The number of nitrogens with one attached hydrogen (secondary N) is 1. The van der Waals surface area contributed by atoms with Gasteiger partial charge >= 0.3 is 0 Å². The summed E-state index contributed by atoms with van der Waals surface area (Å²) in [5.74, 6) is -0.183. The highest BCUT2D eigenvalue weighted by molar-refractivity contribution is 7.89. The number of carbonyl (C=O) groups excluding carboxylic acids is 1. The van der Waals surface area contributed by atoms with Crippen molar-refractivity contribution >= 4 is 15.9 Å². The highest BCUT2D eigenvalue weighted by Gasteiger charge is 2.23.